The fourth-order valence-electron chi connectivity index (χ4n) is 2.33. The molecule has 0 aliphatic heterocycles. The summed E-state index contributed by atoms with van der Waals surface area (Å²) in [6.07, 6.45) is -0.655. The highest BCUT2D eigenvalue weighted by Gasteiger charge is 2.26. The quantitative estimate of drug-likeness (QED) is 0.760. The smallest absolute Gasteiger partial charge is 0.326 e. The van der Waals surface area contributed by atoms with Gasteiger partial charge in [-0.25, -0.2) is 4.79 Å². The van der Waals surface area contributed by atoms with E-state index in [4.69, 9.17) is 4.74 Å². The third-order valence-electron chi connectivity index (χ3n) is 3.54. The molecule has 5 nitrogen and oxygen atoms in total. The standard InChI is InChI=1S/C18H18BrNO4/c1-24-16(13-5-3-2-4-6-13)17(21)20-15(18(22)23)11-12-7-9-14(19)10-8-12/h2-10,15-16H,11H2,1H3,(H,20,21)(H,22,23)/t15-,16+/m1/s1. The maximum atomic E-state index is 12.4. The molecule has 0 bridgehead atoms. The Kier molecular flexibility index (Phi) is 6.52. The van der Waals surface area contributed by atoms with Crippen LogP contribution in [0.3, 0.4) is 0 Å². The molecule has 2 atom stereocenters. The molecule has 0 heterocycles. The fraction of sp³-hybridized carbons (Fsp3) is 0.222. The third-order valence-corrected chi connectivity index (χ3v) is 4.07. The van der Waals surface area contributed by atoms with Crippen LogP contribution >= 0.6 is 15.9 Å². The van der Waals surface area contributed by atoms with Crippen molar-refractivity contribution in [3.63, 3.8) is 0 Å². The normalized spacial score (nSPS) is 13.1. The minimum absolute atomic E-state index is 0.194. The molecule has 0 fully saturated rings. The lowest BCUT2D eigenvalue weighted by atomic mass is 10.0. The number of carbonyl (C=O) groups is 2. The summed E-state index contributed by atoms with van der Waals surface area (Å²) in [4.78, 5) is 23.9. The summed E-state index contributed by atoms with van der Waals surface area (Å²) in [5.41, 5.74) is 1.49. The lowest BCUT2D eigenvalue weighted by molar-refractivity contribution is -0.144. The molecule has 24 heavy (non-hydrogen) atoms. The van der Waals surface area contributed by atoms with Crippen molar-refractivity contribution in [2.45, 2.75) is 18.6 Å². The second kappa shape index (κ2) is 8.61. The Balaban J connectivity index is 2.10. The Morgan fingerprint density at radius 3 is 2.29 bits per heavy atom. The molecule has 0 aliphatic carbocycles. The number of nitrogens with one attached hydrogen (secondary N) is 1. The molecule has 2 aromatic rings. The number of hydrogen-bond acceptors (Lipinski definition) is 3. The maximum absolute atomic E-state index is 12.4. The lowest BCUT2D eigenvalue weighted by Gasteiger charge is -2.20. The molecule has 1 amide bonds. The number of carboxylic acid groups (broad SMARTS) is 1. The predicted octanol–water partition coefficient (Wildman–Crippen LogP) is 2.95. The Labute approximate surface area is 148 Å². The first kappa shape index (κ1) is 18.2. The fourth-order valence-corrected chi connectivity index (χ4v) is 2.59. The first-order valence-electron chi connectivity index (χ1n) is 7.36. The molecule has 2 aromatic carbocycles. The Hall–Kier alpha value is -2.18. The van der Waals surface area contributed by atoms with Crippen LogP contribution in [0, 0.1) is 0 Å². The zero-order valence-corrected chi connectivity index (χ0v) is 14.7. The maximum Gasteiger partial charge on any atom is 0.326 e. The van der Waals surface area contributed by atoms with Gasteiger partial charge in [-0.2, -0.15) is 0 Å². The second-order valence-electron chi connectivity index (χ2n) is 5.26. The van der Waals surface area contributed by atoms with Crippen molar-refractivity contribution in [1.29, 1.82) is 0 Å². The molecule has 0 unspecified atom stereocenters. The SMILES string of the molecule is CO[C@H](C(=O)N[C@H](Cc1ccc(Br)cc1)C(=O)O)c1ccccc1. The van der Waals surface area contributed by atoms with Crippen LogP contribution in [-0.2, 0) is 20.7 Å². The van der Waals surface area contributed by atoms with Crippen molar-refractivity contribution in [2.24, 2.45) is 0 Å². The first-order chi connectivity index (χ1) is 11.5. The number of rotatable bonds is 7. The number of benzene rings is 2. The average molecular weight is 392 g/mol. The number of carboxylic acids is 1. The highest BCUT2D eigenvalue weighted by atomic mass is 79.9. The number of halogens is 1. The number of amides is 1. The van der Waals surface area contributed by atoms with Crippen molar-refractivity contribution < 1.29 is 19.4 Å². The lowest BCUT2D eigenvalue weighted by Crippen LogP contribution is -2.44. The van der Waals surface area contributed by atoms with Crippen LogP contribution in [0.1, 0.15) is 17.2 Å². The van der Waals surface area contributed by atoms with Crippen LogP contribution in [0.25, 0.3) is 0 Å². The van der Waals surface area contributed by atoms with Gasteiger partial charge < -0.3 is 15.2 Å². The van der Waals surface area contributed by atoms with E-state index in [1.165, 1.54) is 7.11 Å². The topological polar surface area (TPSA) is 75.6 Å². The summed E-state index contributed by atoms with van der Waals surface area (Å²) in [5, 5.41) is 12.0. The van der Waals surface area contributed by atoms with E-state index in [2.05, 4.69) is 21.2 Å². The summed E-state index contributed by atoms with van der Waals surface area (Å²) in [6.45, 7) is 0. The summed E-state index contributed by atoms with van der Waals surface area (Å²) in [7, 11) is 1.42. The van der Waals surface area contributed by atoms with Crippen LogP contribution in [0.4, 0.5) is 0 Å². The van der Waals surface area contributed by atoms with E-state index in [9.17, 15) is 14.7 Å². The summed E-state index contributed by atoms with van der Waals surface area (Å²) >= 11 is 3.33. The minimum Gasteiger partial charge on any atom is -0.480 e. The van der Waals surface area contributed by atoms with Crippen LogP contribution in [0.2, 0.25) is 0 Å². The summed E-state index contributed by atoms with van der Waals surface area (Å²) in [6, 6.07) is 15.2. The number of aliphatic carboxylic acids is 1. The third kappa shape index (κ3) is 4.91. The molecule has 0 radical (unpaired) electrons. The molecule has 0 saturated heterocycles. The molecular weight excluding hydrogens is 374 g/mol. The van der Waals surface area contributed by atoms with Crippen molar-refractivity contribution >= 4 is 27.8 Å². The molecule has 0 spiro atoms. The van der Waals surface area contributed by atoms with E-state index in [0.717, 1.165) is 10.0 Å². The number of hydrogen-bond donors (Lipinski definition) is 2. The molecule has 126 valence electrons. The van der Waals surface area contributed by atoms with Gasteiger partial charge in [-0.1, -0.05) is 58.4 Å². The monoisotopic (exact) mass is 391 g/mol. The van der Waals surface area contributed by atoms with Gasteiger partial charge in [0.05, 0.1) is 0 Å². The Morgan fingerprint density at radius 1 is 1.12 bits per heavy atom. The molecule has 2 N–H and O–H groups in total. The van der Waals surface area contributed by atoms with E-state index >= 15 is 0 Å². The minimum atomic E-state index is -1.09. The van der Waals surface area contributed by atoms with E-state index in [1.54, 1.807) is 24.3 Å². The van der Waals surface area contributed by atoms with E-state index in [0.29, 0.717) is 5.56 Å². The molecule has 2 rings (SSSR count). The largest absolute Gasteiger partial charge is 0.480 e. The zero-order valence-electron chi connectivity index (χ0n) is 13.1. The van der Waals surface area contributed by atoms with Crippen molar-refractivity contribution in [2.75, 3.05) is 7.11 Å². The van der Waals surface area contributed by atoms with Gasteiger partial charge in [0.15, 0.2) is 6.10 Å². The molecule has 0 aromatic heterocycles. The molecule has 6 heteroatoms. The number of ether oxygens (including phenoxy) is 1. The Bertz CT molecular complexity index is 688. The van der Waals surface area contributed by atoms with E-state index < -0.39 is 24.0 Å². The molecule has 0 saturated carbocycles. The van der Waals surface area contributed by atoms with E-state index in [-0.39, 0.29) is 6.42 Å². The Morgan fingerprint density at radius 2 is 1.75 bits per heavy atom. The first-order valence-corrected chi connectivity index (χ1v) is 8.16. The summed E-state index contributed by atoms with van der Waals surface area (Å²) in [5.74, 6) is -1.57. The van der Waals surface area contributed by atoms with Crippen molar-refractivity contribution in [1.82, 2.24) is 5.32 Å². The van der Waals surface area contributed by atoms with Crippen molar-refractivity contribution in [3.05, 3.63) is 70.2 Å². The highest BCUT2D eigenvalue weighted by molar-refractivity contribution is 9.10. The predicted molar refractivity (Wildman–Crippen MR) is 93.6 cm³/mol. The number of methoxy groups -OCH3 is 1. The van der Waals surface area contributed by atoms with Gasteiger partial charge in [-0.15, -0.1) is 0 Å². The van der Waals surface area contributed by atoms with Gasteiger partial charge in [-0.3, -0.25) is 4.79 Å². The van der Waals surface area contributed by atoms with Crippen LogP contribution in [-0.4, -0.2) is 30.1 Å². The van der Waals surface area contributed by atoms with Crippen LogP contribution < -0.4 is 5.32 Å². The zero-order chi connectivity index (χ0) is 17.5. The van der Waals surface area contributed by atoms with Gasteiger partial charge >= 0.3 is 5.97 Å². The summed E-state index contributed by atoms with van der Waals surface area (Å²) < 4.78 is 6.14. The van der Waals surface area contributed by atoms with Gasteiger partial charge in [0.2, 0.25) is 0 Å². The van der Waals surface area contributed by atoms with Gasteiger partial charge in [0.1, 0.15) is 6.04 Å². The van der Waals surface area contributed by atoms with Gasteiger partial charge in [0, 0.05) is 18.0 Å². The van der Waals surface area contributed by atoms with Crippen molar-refractivity contribution in [3.8, 4) is 0 Å². The second-order valence-corrected chi connectivity index (χ2v) is 6.17. The van der Waals surface area contributed by atoms with Gasteiger partial charge in [0.25, 0.3) is 5.91 Å². The van der Waals surface area contributed by atoms with Crippen LogP contribution in [0.15, 0.2) is 59.1 Å². The molecule has 0 aliphatic rings. The highest BCUT2D eigenvalue weighted by Crippen LogP contribution is 2.17. The number of carbonyl (C=O) groups excluding carboxylic acids is 1. The average Bonchev–Trinajstić information content (AvgIpc) is 2.57. The van der Waals surface area contributed by atoms with Crippen LogP contribution in [0.5, 0.6) is 0 Å². The van der Waals surface area contributed by atoms with E-state index in [1.807, 2.05) is 30.3 Å². The molecular formula is C18H18BrNO4. The van der Waals surface area contributed by atoms with Gasteiger partial charge in [-0.05, 0) is 23.3 Å².